The molecule has 0 aromatic heterocycles. The van der Waals surface area contributed by atoms with Crippen molar-refractivity contribution in [2.45, 2.75) is 50.9 Å². The highest BCUT2D eigenvalue weighted by Gasteiger charge is 2.67. The van der Waals surface area contributed by atoms with Gasteiger partial charge < -0.3 is 14.9 Å². The molecular weight excluding hydrogens is 220 g/mol. The van der Waals surface area contributed by atoms with Crippen molar-refractivity contribution >= 4 is 5.78 Å². The SMILES string of the molecule is C[C@H](O)/C=C/[C@]1(O)[C@@]2(C)CO[C@]1(C)CC(=O)C2. The summed E-state index contributed by atoms with van der Waals surface area (Å²) in [6.07, 6.45) is 3.09. The Hall–Kier alpha value is -0.710. The van der Waals surface area contributed by atoms with Gasteiger partial charge in [-0.1, -0.05) is 19.1 Å². The molecule has 2 rings (SSSR count). The number of carbonyl (C=O) groups is 1. The Labute approximate surface area is 101 Å². The lowest BCUT2D eigenvalue weighted by atomic mass is 9.59. The van der Waals surface area contributed by atoms with E-state index in [1.54, 1.807) is 26.0 Å². The van der Waals surface area contributed by atoms with Crippen molar-refractivity contribution in [2.75, 3.05) is 6.61 Å². The number of rotatable bonds is 2. The van der Waals surface area contributed by atoms with Gasteiger partial charge in [-0.05, 0) is 13.8 Å². The molecule has 1 aliphatic heterocycles. The fourth-order valence-electron chi connectivity index (χ4n) is 3.08. The fourth-order valence-corrected chi connectivity index (χ4v) is 3.08. The summed E-state index contributed by atoms with van der Waals surface area (Å²) in [6.45, 7) is 5.63. The number of fused-ring (bicyclic) bond motifs is 2. The number of aliphatic hydroxyl groups is 2. The van der Waals surface area contributed by atoms with Crippen molar-refractivity contribution < 1.29 is 19.7 Å². The van der Waals surface area contributed by atoms with Gasteiger partial charge in [0.1, 0.15) is 17.0 Å². The van der Waals surface area contributed by atoms with Crippen molar-refractivity contribution in [3.05, 3.63) is 12.2 Å². The number of hydrogen-bond donors (Lipinski definition) is 2. The third-order valence-corrected chi connectivity index (χ3v) is 4.17. The number of aliphatic hydroxyl groups excluding tert-OH is 1. The highest BCUT2D eigenvalue weighted by Crippen LogP contribution is 2.56. The van der Waals surface area contributed by atoms with Gasteiger partial charge in [0.2, 0.25) is 0 Å². The normalized spacial score (nSPS) is 47.7. The second kappa shape index (κ2) is 3.64. The average Bonchev–Trinajstić information content (AvgIpc) is 2.33. The lowest BCUT2D eigenvalue weighted by Crippen LogP contribution is -2.60. The van der Waals surface area contributed by atoms with Gasteiger partial charge in [-0.15, -0.1) is 0 Å². The summed E-state index contributed by atoms with van der Waals surface area (Å²) < 4.78 is 5.68. The summed E-state index contributed by atoms with van der Waals surface area (Å²) in [4.78, 5) is 11.7. The van der Waals surface area contributed by atoms with Crippen molar-refractivity contribution in [3.63, 3.8) is 0 Å². The zero-order valence-corrected chi connectivity index (χ0v) is 10.6. The van der Waals surface area contributed by atoms with E-state index in [9.17, 15) is 15.0 Å². The molecule has 0 aromatic rings. The number of Topliss-reactive ketones (excluding diaryl/α,β-unsaturated/α-hetero) is 1. The minimum Gasteiger partial charge on any atom is -0.389 e. The summed E-state index contributed by atoms with van der Waals surface area (Å²) in [5, 5.41) is 20.2. The molecule has 1 saturated heterocycles. The first kappa shape index (κ1) is 12.7. The average molecular weight is 240 g/mol. The van der Waals surface area contributed by atoms with E-state index in [2.05, 4.69) is 0 Å². The smallest absolute Gasteiger partial charge is 0.136 e. The molecule has 4 heteroatoms. The lowest BCUT2D eigenvalue weighted by Gasteiger charge is -2.47. The molecule has 0 radical (unpaired) electrons. The van der Waals surface area contributed by atoms with Crippen LogP contribution in [0.4, 0.5) is 0 Å². The predicted molar refractivity (Wildman–Crippen MR) is 62.5 cm³/mol. The van der Waals surface area contributed by atoms with E-state index in [1.807, 2.05) is 6.92 Å². The molecule has 2 N–H and O–H groups in total. The minimum absolute atomic E-state index is 0.127. The maximum absolute atomic E-state index is 11.7. The number of ether oxygens (including phenoxy) is 1. The second-order valence-electron chi connectivity index (χ2n) is 5.84. The van der Waals surface area contributed by atoms with E-state index < -0.39 is 22.7 Å². The molecule has 0 spiro atoms. The van der Waals surface area contributed by atoms with E-state index in [4.69, 9.17) is 4.74 Å². The lowest BCUT2D eigenvalue weighted by molar-refractivity contribution is -0.151. The third kappa shape index (κ3) is 1.66. The van der Waals surface area contributed by atoms with Gasteiger partial charge in [0.25, 0.3) is 0 Å². The summed E-state index contributed by atoms with van der Waals surface area (Å²) in [6, 6.07) is 0. The minimum atomic E-state index is -1.19. The zero-order valence-electron chi connectivity index (χ0n) is 10.6. The van der Waals surface area contributed by atoms with E-state index in [0.29, 0.717) is 13.0 Å². The van der Waals surface area contributed by atoms with Gasteiger partial charge in [-0.3, -0.25) is 4.79 Å². The number of hydrogen-bond acceptors (Lipinski definition) is 4. The third-order valence-electron chi connectivity index (χ3n) is 4.17. The Balaban J connectivity index is 2.42. The van der Waals surface area contributed by atoms with Crippen LogP contribution in [-0.4, -0.2) is 39.9 Å². The Morgan fingerprint density at radius 1 is 1.41 bits per heavy atom. The van der Waals surface area contributed by atoms with Crippen LogP contribution in [0.5, 0.6) is 0 Å². The van der Waals surface area contributed by atoms with Crippen LogP contribution < -0.4 is 0 Å². The number of carbonyl (C=O) groups excluding carboxylic acids is 1. The first-order chi connectivity index (χ1) is 7.72. The first-order valence-corrected chi connectivity index (χ1v) is 5.98. The molecular formula is C13H20O4. The van der Waals surface area contributed by atoms with Gasteiger partial charge in [-0.2, -0.15) is 0 Å². The Kier molecular flexibility index (Phi) is 2.73. The molecule has 0 unspecified atom stereocenters. The second-order valence-corrected chi connectivity index (χ2v) is 5.84. The summed E-state index contributed by atoms with van der Waals surface area (Å²) in [7, 11) is 0. The van der Waals surface area contributed by atoms with Crippen LogP contribution in [0.2, 0.25) is 0 Å². The summed E-state index contributed by atoms with van der Waals surface area (Å²) >= 11 is 0. The fraction of sp³-hybridized carbons (Fsp3) is 0.769. The molecule has 1 aliphatic carbocycles. The van der Waals surface area contributed by atoms with Crippen LogP contribution in [0.25, 0.3) is 0 Å². The quantitative estimate of drug-likeness (QED) is 0.701. The maximum atomic E-state index is 11.7. The van der Waals surface area contributed by atoms with E-state index in [-0.39, 0.29) is 12.2 Å². The highest BCUT2D eigenvalue weighted by atomic mass is 16.5. The monoisotopic (exact) mass is 240 g/mol. The molecule has 2 bridgehead atoms. The van der Waals surface area contributed by atoms with Crippen LogP contribution in [-0.2, 0) is 9.53 Å². The largest absolute Gasteiger partial charge is 0.389 e. The maximum Gasteiger partial charge on any atom is 0.136 e. The van der Waals surface area contributed by atoms with Crippen molar-refractivity contribution in [2.24, 2.45) is 5.41 Å². The van der Waals surface area contributed by atoms with E-state index in [1.165, 1.54) is 0 Å². The van der Waals surface area contributed by atoms with Crippen LogP contribution in [0.3, 0.4) is 0 Å². The molecule has 1 saturated carbocycles. The Morgan fingerprint density at radius 3 is 2.59 bits per heavy atom. The van der Waals surface area contributed by atoms with Gasteiger partial charge in [0, 0.05) is 18.3 Å². The molecule has 4 nitrogen and oxygen atoms in total. The molecule has 1 heterocycles. The molecule has 2 aliphatic rings. The van der Waals surface area contributed by atoms with Crippen molar-refractivity contribution in [1.29, 1.82) is 0 Å². The molecule has 0 amide bonds. The van der Waals surface area contributed by atoms with Crippen molar-refractivity contribution in [3.8, 4) is 0 Å². The topological polar surface area (TPSA) is 66.8 Å². The summed E-state index contributed by atoms with van der Waals surface area (Å²) in [5.41, 5.74) is -2.66. The molecule has 4 atom stereocenters. The van der Waals surface area contributed by atoms with Crippen LogP contribution in [0.1, 0.15) is 33.6 Å². The van der Waals surface area contributed by atoms with Gasteiger partial charge in [0.15, 0.2) is 0 Å². The zero-order chi connectivity index (χ0) is 12.9. The Bertz CT molecular complexity index is 352. The first-order valence-electron chi connectivity index (χ1n) is 5.98. The van der Waals surface area contributed by atoms with E-state index >= 15 is 0 Å². The number of ketones is 1. The standard InChI is InChI=1S/C13H20O4/c1-9(14)4-5-13(16)11(2)6-10(15)7-12(13,3)17-8-11/h4-5,9,14,16H,6-8H2,1-3H3/b5-4+/t9-,11+,12+,13-/m0/s1. The van der Waals surface area contributed by atoms with Crippen LogP contribution in [0, 0.1) is 5.41 Å². The van der Waals surface area contributed by atoms with Gasteiger partial charge in [-0.25, -0.2) is 0 Å². The Morgan fingerprint density at radius 2 is 2.06 bits per heavy atom. The molecule has 2 fully saturated rings. The van der Waals surface area contributed by atoms with Crippen LogP contribution >= 0.6 is 0 Å². The van der Waals surface area contributed by atoms with Gasteiger partial charge in [0.05, 0.1) is 12.7 Å². The van der Waals surface area contributed by atoms with Gasteiger partial charge >= 0.3 is 0 Å². The van der Waals surface area contributed by atoms with Crippen LogP contribution in [0.15, 0.2) is 12.2 Å². The highest BCUT2D eigenvalue weighted by molar-refractivity contribution is 5.82. The van der Waals surface area contributed by atoms with E-state index in [0.717, 1.165) is 0 Å². The molecule has 17 heavy (non-hydrogen) atoms. The van der Waals surface area contributed by atoms with Crippen molar-refractivity contribution in [1.82, 2.24) is 0 Å². The molecule has 0 aromatic carbocycles. The summed E-state index contributed by atoms with van der Waals surface area (Å²) in [5.74, 6) is 0.127. The molecule has 96 valence electrons. The predicted octanol–water partition coefficient (Wildman–Crippen LogP) is 0.813.